The van der Waals surface area contributed by atoms with E-state index in [-0.39, 0.29) is 28.2 Å². The molecule has 1 amide bonds. The molecule has 98 valence electrons. The number of ether oxygens (including phenoxy) is 1. The zero-order valence-corrected chi connectivity index (χ0v) is 11.3. The second kappa shape index (κ2) is 6.61. The van der Waals surface area contributed by atoms with Gasteiger partial charge in [-0.25, -0.2) is 0 Å². The van der Waals surface area contributed by atoms with Crippen LogP contribution in [-0.2, 0) is 4.79 Å². The summed E-state index contributed by atoms with van der Waals surface area (Å²) in [5.41, 5.74) is 5.31. The summed E-state index contributed by atoms with van der Waals surface area (Å²) in [5.74, 6) is -0.465. The van der Waals surface area contributed by atoms with Gasteiger partial charge in [0.15, 0.2) is 12.4 Å². The van der Waals surface area contributed by atoms with E-state index in [4.69, 9.17) is 33.7 Å². The minimum atomic E-state index is -0.617. The molecule has 0 bridgehead atoms. The lowest BCUT2D eigenvalue weighted by Gasteiger charge is -2.10. The van der Waals surface area contributed by atoms with Crippen molar-refractivity contribution in [2.45, 2.75) is 19.8 Å². The quantitative estimate of drug-likeness (QED) is 0.819. The molecule has 0 aliphatic carbocycles. The Morgan fingerprint density at radius 3 is 2.50 bits per heavy atom. The molecule has 18 heavy (non-hydrogen) atoms. The van der Waals surface area contributed by atoms with Crippen LogP contribution in [0.25, 0.3) is 0 Å². The van der Waals surface area contributed by atoms with E-state index < -0.39 is 5.91 Å². The second-order valence-corrected chi connectivity index (χ2v) is 4.42. The minimum absolute atomic E-state index is 0.0779. The number of hydrogen-bond donors (Lipinski definition) is 1. The molecule has 0 aromatic heterocycles. The Morgan fingerprint density at radius 1 is 1.28 bits per heavy atom. The van der Waals surface area contributed by atoms with Gasteiger partial charge in [-0.2, -0.15) is 0 Å². The number of nitrogens with two attached hydrogens (primary N) is 1. The van der Waals surface area contributed by atoms with Crippen molar-refractivity contribution in [2.24, 2.45) is 5.73 Å². The third kappa shape index (κ3) is 3.62. The summed E-state index contributed by atoms with van der Waals surface area (Å²) in [6.07, 6.45) is 1.13. The Labute approximate surface area is 115 Å². The van der Waals surface area contributed by atoms with Gasteiger partial charge in [-0.3, -0.25) is 9.59 Å². The molecule has 6 heteroatoms. The highest BCUT2D eigenvalue weighted by Crippen LogP contribution is 2.35. The molecule has 1 rings (SSSR count). The van der Waals surface area contributed by atoms with Crippen molar-refractivity contribution >= 4 is 34.9 Å². The van der Waals surface area contributed by atoms with Crippen LogP contribution in [0.4, 0.5) is 0 Å². The molecule has 0 atom stereocenters. The summed E-state index contributed by atoms with van der Waals surface area (Å²) in [4.78, 5) is 22.3. The van der Waals surface area contributed by atoms with E-state index in [2.05, 4.69) is 0 Å². The number of carbonyl (C=O) groups excluding carboxylic acids is 2. The Hall–Kier alpha value is -1.26. The van der Waals surface area contributed by atoms with Crippen molar-refractivity contribution in [3.05, 3.63) is 27.7 Å². The van der Waals surface area contributed by atoms with Gasteiger partial charge < -0.3 is 10.5 Å². The normalized spacial score (nSPS) is 10.2. The molecule has 4 nitrogen and oxygen atoms in total. The van der Waals surface area contributed by atoms with E-state index in [1.165, 1.54) is 12.1 Å². The average molecular weight is 290 g/mol. The molecule has 0 radical (unpaired) electrons. The van der Waals surface area contributed by atoms with Crippen molar-refractivity contribution in [2.75, 3.05) is 6.61 Å². The van der Waals surface area contributed by atoms with Gasteiger partial charge in [-0.05, 0) is 18.6 Å². The lowest BCUT2D eigenvalue weighted by molar-refractivity contribution is -0.119. The maximum Gasteiger partial charge on any atom is 0.255 e. The first kappa shape index (κ1) is 14.8. The van der Waals surface area contributed by atoms with E-state index in [1.54, 1.807) is 0 Å². The fraction of sp³-hybridized carbons (Fsp3) is 0.333. The van der Waals surface area contributed by atoms with E-state index in [0.29, 0.717) is 12.0 Å². The minimum Gasteiger partial charge on any atom is -0.482 e. The van der Waals surface area contributed by atoms with E-state index in [1.807, 2.05) is 6.92 Å². The molecule has 0 saturated heterocycles. The van der Waals surface area contributed by atoms with Gasteiger partial charge in [0, 0.05) is 12.0 Å². The molecule has 0 aliphatic heterocycles. The van der Waals surface area contributed by atoms with E-state index in [9.17, 15) is 9.59 Å². The Bertz CT molecular complexity index is 475. The molecule has 0 spiro atoms. The fourth-order valence-corrected chi connectivity index (χ4v) is 1.85. The third-order valence-electron chi connectivity index (χ3n) is 2.19. The van der Waals surface area contributed by atoms with Crippen LogP contribution in [-0.4, -0.2) is 18.3 Å². The first-order chi connectivity index (χ1) is 8.47. The third-order valence-corrected chi connectivity index (χ3v) is 3.06. The van der Waals surface area contributed by atoms with Crippen LogP contribution >= 0.6 is 23.2 Å². The predicted octanol–water partition coefficient (Wildman–Crippen LogP) is 2.84. The number of halogens is 2. The van der Waals surface area contributed by atoms with Crippen LogP contribution < -0.4 is 10.5 Å². The predicted molar refractivity (Wildman–Crippen MR) is 70.4 cm³/mol. The SMILES string of the molecule is CCCC(=O)c1ccc(OCC(N)=O)c(Cl)c1Cl. The molecule has 0 saturated carbocycles. The van der Waals surface area contributed by atoms with Crippen LogP contribution in [0.5, 0.6) is 5.75 Å². The summed E-state index contributed by atoms with van der Waals surface area (Å²) >= 11 is 12.0. The van der Waals surface area contributed by atoms with Crippen molar-refractivity contribution in [3.8, 4) is 5.75 Å². The number of Topliss-reactive ketones (excluding diaryl/α,β-unsaturated/α-hetero) is 1. The molecule has 1 aromatic rings. The average Bonchev–Trinajstić information content (AvgIpc) is 2.31. The number of hydrogen-bond acceptors (Lipinski definition) is 3. The van der Waals surface area contributed by atoms with Gasteiger partial charge in [0.1, 0.15) is 10.8 Å². The Balaban J connectivity index is 2.97. The molecule has 0 unspecified atom stereocenters. The summed E-state index contributed by atoms with van der Waals surface area (Å²) < 4.78 is 5.07. The highest BCUT2D eigenvalue weighted by atomic mass is 35.5. The Kier molecular flexibility index (Phi) is 5.44. The Morgan fingerprint density at radius 2 is 1.94 bits per heavy atom. The van der Waals surface area contributed by atoms with Gasteiger partial charge in [-0.15, -0.1) is 0 Å². The van der Waals surface area contributed by atoms with Gasteiger partial charge in [-0.1, -0.05) is 30.1 Å². The zero-order valence-electron chi connectivity index (χ0n) is 9.83. The van der Waals surface area contributed by atoms with Crippen LogP contribution in [0, 0.1) is 0 Å². The largest absolute Gasteiger partial charge is 0.482 e. The monoisotopic (exact) mass is 289 g/mol. The number of rotatable bonds is 6. The van der Waals surface area contributed by atoms with Crippen LogP contribution in [0.15, 0.2) is 12.1 Å². The number of amides is 1. The topological polar surface area (TPSA) is 69.4 Å². The molecule has 0 aliphatic rings. The summed E-state index contributed by atoms with van der Waals surface area (Å²) in [7, 11) is 0. The molecule has 1 aromatic carbocycles. The fourth-order valence-electron chi connectivity index (χ4n) is 1.37. The second-order valence-electron chi connectivity index (χ2n) is 3.67. The summed E-state index contributed by atoms with van der Waals surface area (Å²) in [6.45, 7) is 1.61. The number of benzene rings is 1. The lowest BCUT2D eigenvalue weighted by atomic mass is 10.1. The van der Waals surface area contributed by atoms with Gasteiger partial charge >= 0.3 is 0 Å². The van der Waals surface area contributed by atoms with E-state index >= 15 is 0 Å². The molecule has 0 heterocycles. The molecular weight excluding hydrogens is 277 g/mol. The smallest absolute Gasteiger partial charge is 0.255 e. The van der Waals surface area contributed by atoms with Crippen LogP contribution in [0.1, 0.15) is 30.1 Å². The van der Waals surface area contributed by atoms with Crippen LogP contribution in [0.2, 0.25) is 10.0 Å². The summed E-state index contributed by atoms with van der Waals surface area (Å²) in [5, 5.41) is 0.247. The molecule has 2 N–H and O–H groups in total. The summed E-state index contributed by atoms with van der Waals surface area (Å²) in [6, 6.07) is 3.03. The van der Waals surface area contributed by atoms with Crippen LogP contribution in [0.3, 0.4) is 0 Å². The highest BCUT2D eigenvalue weighted by Gasteiger charge is 2.16. The standard InChI is InChI=1S/C12H13Cl2NO3/c1-2-3-8(16)7-4-5-9(12(14)11(7)13)18-6-10(15)17/h4-5H,2-3,6H2,1H3,(H2,15,17). The van der Waals surface area contributed by atoms with E-state index in [0.717, 1.165) is 6.42 Å². The lowest BCUT2D eigenvalue weighted by Crippen LogP contribution is -2.20. The maximum atomic E-state index is 11.7. The van der Waals surface area contributed by atoms with Gasteiger partial charge in [0.25, 0.3) is 5.91 Å². The van der Waals surface area contributed by atoms with Crippen molar-refractivity contribution in [1.82, 2.24) is 0 Å². The number of primary amides is 1. The van der Waals surface area contributed by atoms with Gasteiger partial charge in [0.2, 0.25) is 0 Å². The number of ketones is 1. The van der Waals surface area contributed by atoms with Crippen molar-refractivity contribution < 1.29 is 14.3 Å². The first-order valence-electron chi connectivity index (χ1n) is 5.39. The first-order valence-corrected chi connectivity index (χ1v) is 6.15. The number of carbonyl (C=O) groups is 2. The molecular formula is C12H13Cl2NO3. The zero-order chi connectivity index (χ0) is 13.7. The van der Waals surface area contributed by atoms with Crippen molar-refractivity contribution in [3.63, 3.8) is 0 Å². The highest BCUT2D eigenvalue weighted by molar-refractivity contribution is 6.44. The molecule has 0 fully saturated rings. The maximum absolute atomic E-state index is 11.7. The van der Waals surface area contributed by atoms with Crippen molar-refractivity contribution in [1.29, 1.82) is 0 Å². The van der Waals surface area contributed by atoms with Gasteiger partial charge in [0.05, 0.1) is 5.02 Å².